The Kier molecular flexibility index (Phi) is 3.59. The number of nitrogens with zero attached hydrogens (tertiary/aromatic N) is 2. The first-order valence-corrected chi connectivity index (χ1v) is 6.57. The van der Waals surface area contributed by atoms with Gasteiger partial charge in [0.05, 0.1) is 12.2 Å². The summed E-state index contributed by atoms with van der Waals surface area (Å²) in [4.78, 5) is 18.0. The van der Waals surface area contributed by atoms with Crippen LogP contribution in [0.25, 0.3) is 0 Å². The van der Waals surface area contributed by atoms with Gasteiger partial charge >= 0.3 is 0 Å². The van der Waals surface area contributed by atoms with Crippen LogP contribution in [0.3, 0.4) is 0 Å². The third kappa shape index (κ3) is 2.61. The van der Waals surface area contributed by atoms with E-state index < -0.39 is 0 Å². The lowest BCUT2D eigenvalue weighted by atomic mass is 10.2. The topological polar surface area (TPSA) is 33.2 Å². The predicted octanol–water partition coefficient (Wildman–Crippen LogP) is 2.13. The van der Waals surface area contributed by atoms with Crippen molar-refractivity contribution in [2.75, 3.05) is 11.9 Å². The molecule has 1 atom stereocenters. The van der Waals surface area contributed by atoms with Crippen molar-refractivity contribution in [1.29, 1.82) is 0 Å². The van der Waals surface area contributed by atoms with Gasteiger partial charge in [0.1, 0.15) is 0 Å². The van der Waals surface area contributed by atoms with Gasteiger partial charge in [-0.2, -0.15) is 0 Å². The van der Waals surface area contributed by atoms with Crippen LogP contribution in [0.1, 0.15) is 17.8 Å². The molecule has 0 aromatic carbocycles. The SMILES string of the molecule is Cc1cccc(CN2CC(CBr)CC2=O)n1. The first kappa shape index (κ1) is 11.6. The number of likely N-dealkylation sites (tertiary alicyclic amines) is 1. The van der Waals surface area contributed by atoms with Gasteiger partial charge < -0.3 is 4.90 Å². The number of hydrogen-bond donors (Lipinski definition) is 0. The van der Waals surface area contributed by atoms with Gasteiger partial charge in [-0.05, 0) is 25.0 Å². The van der Waals surface area contributed by atoms with E-state index in [2.05, 4.69) is 20.9 Å². The second-order valence-electron chi connectivity index (χ2n) is 4.27. The van der Waals surface area contributed by atoms with Crippen LogP contribution >= 0.6 is 15.9 Å². The molecule has 1 fully saturated rings. The first-order chi connectivity index (χ1) is 7.69. The van der Waals surface area contributed by atoms with Crippen molar-refractivity contribution in [3.63, 3.8) is 0 Å². The van der Waals surface area contributed by atoms with Crippen LogP contribution in [-0.2, 0) is 11.3 Å². The molecule has 1 aromatic rings. The monoisotopic (exact) mass is 282 g/mol. The Morgan fingerprint density at radius 3 is 3.00 bits per heavy atom. The van der Waals surface area contributed by atoms with Crippen LogP contribution < -0.4 is 0 Å². The maximum Gasteiger partial charge on any atom is 0.223 e. The van der Waals surface area contributed by atoms with Gasteiger partial charge in [-0.3, -0.25) is 9.78 Å². The Bertz CT molecular complexity index is 394. The van der Waals surface area contributed by atoms with Crippen molar-refractivity contribution in [3.8, 4) is 0 Å². The van der Waals surface area contributed by atoms with E-state index in [-0.39, 0.29) is 5.91 Å². The highest BCUT2D eigenvalue weighted by Crippen LogP contribution is 2.21. The number of pyridine rings is 1. The lowest BCUT2D eigenvalue weighted by Crippen LogP contribution is -2.25. The molecule has 16 heavy (non-hydrogen) atoms. The molecule has 0 N–H and O–H groups in total. The van der Waals surface area contributed by atoms with Gasteiger partial charge in [0.25, 0.3) is 0 Å². The number of carbonyl (C=O) groups excluding carboxylic acids is 1. The van der Waals surface area contributed by atoms with E-state index in [1.807, 2.05) is 30.0 Å². The van der Waals surface area contributed by atoms with Crippen molar-refractivity contribution in [2.24, 2.45) is 5.92 Å². The normalized spacial score (nSPS) is 20.5. The summed E-state index contributed by atoms with van der Waals surface area (Å²) in [6.07, 6.45) is 0.664. The number of amides is 1. The summed E-state index contributed by atoms with van der Waals surface area (Å²) >= 11 is 3.43. The second kappa shape index (κ2) is 4.95. The molecule has 1 aliphatic heterocycles. The highest BCUT2D eigenvalue weighted by molar-refractivity contribution is 9.09. The van der Waals surface area contributed by atoms with Crippen molar-refractivity contribution in [1.82, 2.24) is 9.88 Å². The molecule has 4 heteroatoms. The molecule has 0 spiro atoms. The molecule has 2 heterocycles. The first-order valence-electron chi connectivity index (χ1n) is 5.45. The fourth-order valence-electron chi connectivity index (χ4n) is 1.99. The fraction of sp³-hybridized carbons (Fsp3) is 0.500. The third-order valence-electron chi connectivity index (χ3n) is 2.81. The number of rotatable bonds is 3. The van der Waals surface area contributed by atoms with Crippen molar-refractivity contribution in [3.05, 3.63) is 29.6 Å². The molecule has 3 nitrogen and oxygen atoms in total. The number of alkyl halides is 1. The molecule has 1 aliphatic rings. The quantitative estimate of drug-likeness (QED) is 0.796. The smallest absolute Gasteiger partial charge is 0.223 e. The average Bonchev–Trinajstić information content (AvgIpc) is 2.60. The predicted molar refractivity (Wildman–Crippen MR) is 66.3 cm³/mol. The molecule has 0 radical (unpaired) electrons. The van der Waals surface area contributed by atoms with Crippen molar-refractivity contribution < 1.29 is 4.79 Å². The Morgan fingerprint density at radius 2 is 2.38 bits per heavy atom. The Labute approximate surface area is 104 Å². The van der Waals surface area contributed by atoms with Crippen LogP contribution in [0, 0.1) is 12.8 Å². The van der Waals surface area contributed by atoms with Crippen LogP contribution in [0.5, 0.6) is 0 Å². The van der Waals surface area contributed by atoms with E-state index in [9.17, 15) is 4.79 Å². The molecule has 86 valence electrons. The Hall–Kier alpha value is -0.900. The number of carbonyl (C=O) groups is 1. The lowest BCUT2D eigenvalue weighted by molar-refractivity contribution is -0.128. The summed E-state index contributed by atoms with van der Waals surface area (Å²) in [5, 5.41) is 0.899. The van der Waals surface area contributed by atoms with E-state index in [1.165, 1.54) is 0 Å². The summed E-state index contributed by atoms with van der Waals surface area (Å²) in [5.74, 6) is 0.699. The maximum absolute atomic E-state index is 11.7. The largest absolute Gasteiger partial charge is 0.336 e. The van der Waals surface area contributed by atoms with E-state index in [4.69, 9.17) is 0 Å². The zero-order valence-corrected chi connectivity index (χ0v) is 10.9. The zero-order valence-electron chi connectivity index (χ0n) is 9.32. The Balaban J connectivity index is 2.03. The fourth-order valence-corrected chi connectivity index (χ4v) is 2.43. The molecule has 0 bridgehead atoms. The highest BCUT2D eigenvalue weighted by Gasteiger charge is 2.28. The molecular formula is C12H15BrN2O. The van der Waals surface area contributed by atoms with E-state index in [0.29, 0.717) is 18.9 Å². The van der Waals surface area contributed by atoms with E-state index in [1.54, 1.807) is 0 Å². The summed E-state index contributed by atoms with van der Waals surface area (Å²) in [5.41, 5.74) is 1.98. The minimum absolute atomic E-state index is 0.243. The molecular weight excluding hydrogens is 268 g/mol. The molecule has 2 rings (SSSR count). The van der Waals surface area contributed by atoms with Crippen molar-refractivity contribution >= 4 is 21.8 Å². The summed E-state index contributed by atoms with van der Waals surface area (Å²) in [7, 11) is 0. The third-order valence-corrected chi connectivity index (χ3v) is 3.73. The number of aryl methyl sites for hydroxylation is 1. The van der Waals surface area contributed by atoms with Crippen LogP contribution in [0.15, 0.2) is 18.2 Å². The minimum Gasteiger partial charge on any atom is -0.336 e. The van der Waals surface area contributed by atoms with Gasteiger partial charge in [0.2, 0.25) is 5.91 Å². The van der Waals surface area contributed by atoms with E-state index >= 15 is 0 Å². The van der Waals surface area contributed by atoms with Gasteiger partial charge in [-0.15, -0.1) is 0 Å². The van der Waals surface area contributed by atoms with Crippen LogP contribution in [0.2, 0.25) is 0 Å². The molecule has 0 aliphatic carbocycles. The zero-order chi connectivity index (χ0) is 11.5. The molecule has 1 amide bonds. The van der Waals surface area contributed by atoms with E-state index in [0.717, 1.165) is 23.3 Å². The lowest BCUT2D eigenvalue weighted by Gasteiger charge is -2.15. The standard InChI is InChI=1S/C12H15BrN2O/c1-9-3-2-4-11(14-9)8-15-7-10(6-13)5-12(15)16/h2-4,10H,5-8H2,1H3. The van der Waals surface area contributed by atoms with Gasteiger partial charge in [-0.25, -0.2) is 0 Å². The summed E-state index contributed by atoms with van der Waals surface area (Å²) in [6, 6.07) is 5.93. The molecule has 1 saturated heterocycles. The van der Waals surface area contributed by atoms with Crippen LogP contribution in [0.4, 0.5) is 0 Å². The number of halogens is 1. The van der Waals surface area contributed by atoms with Gasteiger partial charge in [-0.1, -0.05) is 22.0 Å². The summed E-state index contributed by atoms with van der Waals surface area (Å²) in [6.45, 7) is 3.46. The highest BCUT2D eigenvalue weighted by atomic mass is 79.9. The molecule has 0 saturated carbocycles. The van der Waals surface area contributed by atoms with Crippen molar-refractivity contribution in [2.45, 2.75) is 19.9 Å². The number of aromatic nitrogens is 1. The second-order valence-corrected chi connectivity index (χ2v) is 4.92. The van der Waals surface area contributed by atoms with Gasteiger partial charge in [0.15, 0.2) is 0 Å². The maximum atomic E-state index is 11.7. The molecule has 1 aromatic heterocycles. The number of hydrogen-bond acceptors (Lipinski definition) is 2. The van der Waals surface area contributed by atoms with Gasteiger partial charge in [0, 0.05) is 24.0 Å². The summed E-state index contributed by atoms with van der Waals surface area (Å²) < 4.78 is 0. The Morgan fingerprint density at radius 1 is 1.56 bits per heavy atom. The molecule has 1 unspecified atom stereocenters. The average molecular weight is 283 g/mol. The van der Waals surface area contributed by atoms with Crippen LogP contribution in [-0.4, -0.2) is 27.7 Å². The minimum atomic E-state index is 0.243.